The van der Waals surface area contributed by atoms with Gasteiger partial charge in [-0.25, -0.2) is 9.78 Å². The minimum Gasteiger partial charge on any atom is -0.480 e. The molecular weight excluding hydrogens is 356 g/mol. The molecule has 0 bridgehead atoms. The van der Waals surface area contributed by atoms with Crippen molar-refractivity contribution < 1.29 is 24.6 Å². The number of aliphatic carboxylic acids is 1. The van der Waals surface area contributed by atoms with Crippen LogP contribution in [-0.2, 0) is 20.8 Å². The highest BCUT2D eigenvalue weighted by Gasteiger charge is 2.30. The Balaban J connectivity index is 2.67. The molecule has 4 atom stereocenters. The van der Waals surface area contributed by atoms with Gasteiger partial charge in [-0.15, -0.1) is 0 Å². The highest BCUT2D eigenvalue weighted by molar-refractivity contribution is 5.92. The maximum Gasteiger partial charge on any atom is 0.326 e. The van der Waals surface area contributed by atoms with Crippen LogP contribution < -0.4 is 22.1 Å². The van der Waals surface area contributed by atoms with Gasteiger partial charge in [0.2, 0.25) is 11.8 Å². The van der Waals surface area contributed by atoms with Gasteiger partial charge in [0.25, 0.3) is 0 Å². The molecule has 0 aromatic carbocycles. The zero-order valence-electron chi connectivity index (χ0n) is 15.2. The number of aliphatic hydroxyl groups is 1. The number of amides is 2. The first-order valence-corrected chi connectivity index (χ1v) is 8.71. The largest absolute Gasteiger partial charge is 0.480 e. The molecule has 0 radical (unpaired) electrons. The molecule has 0 saturated heterocycles. The first-order chi connectivity index (χ1) is 12.8. The lowest BCUT2D eigenvalue weighted by atomic mass is 10.1. The van der Waals surface area contributed by atoms with E-state index in [1.165, 1.54) is 13.3 Å². The van der Waals surface area contributed by atoms with Crippen LogP contribution in [0.1, 0.15) is 31.9 Å². The number of nitrogens with two attached hydrogens (primary N) is 2. The topological polar surface area (TPSA) is 196 Å². The van der Waals surface area contributed by atoms with E-state index in [1.54, 1.807) is 6.20 Å². The monoisotopic (exact) mass is 384 g/mol. The number of nitrogens with zero attached hydrogens (tertiary/aromatic N) is 1. The van der Waals surface area contributed by atoms with Crippen molar-refractivity contribution in [3.63, 3.8) is 0 Å². The minimum atomic E-state index is -1.33. The number of carbonyl (C=O) groups excluding carboxylic acids is 2. The predicted octanol–water partition coefficient (Wildman–Crippen LogP) is -2.16. The standard InChI is InChI=1S/C16H28N6O5/c1-9(23)13(15(25)21-12(16(26)27)4-2-3-5-17)22-14(24)11(18)6-10-7-19-8-20-10/h7-9,11-13,23H,2-6,17-18H2,1H3,(H,19,20)(H,21,25)(H,22,24)(H,26,27). The van der Waals surface area contributed by atoms with E-state index in [1.807, 2.05) is 0 Å². The van der Waals surface area contributed by atoms with E-state index in [4.69, 9.17) is 11.5 Å². The van der Waals surface area contributed by atoms with Crippen molar-refractivity contribution in [3.8, 4) is 0 Å². The maximum atomic E-state index is 12.4. The van der Waals surface area contributed by atoms with Gasteiger partial charge in [0.15, 0.2) is 0 Å². The molecule has 11 heteroatoms. The Kier molecular flexibility index (Phi) is 9.40. The number of imidazole rings is 1. The SMILES string of the molecule is CC(O)C(NC(=O)C(N)Cc1c[nH]cn1)C(=O)NC(CCCCN)C(=O)O. The third-order valence-electron chi connectivity index (χ3n) is 3.94. The van der Waals surface area contributed by atoms with Crippen LogP contribution >= 0.6 is 0 Å². The summed E-state index contributed by atoms with van der Waals surface area (Å²) in [5.41, 5.74) is 11.8. The zero-order chi connectivity index (χ0) is 20.4. The molecule has 0 aliphatic heterocycles. The third kappa shape index (κ3) is 7.72. The Morgan fingerprint density at radius 3 is 2.48 bits per heavy atom. The van der Waals surface area contributed by atoms with E-state index in [0.29, 0.717) is 25.1 Å². The fourth-order valence-electron chi connectivity index (χ4n) is 2.40. The second-order valence-electron chi connectivity index (χ2n) is 6.28. The number of hydrogen-bond donors (Lipinski definition) is 7. The summed E-state index contributed by atoms with van der Waals surface area (Å²) in [5, 5.41) is 23.8. The third-order valence-corrected chi connectivity index (χ3v) is 3.94. The van der Waals surface area contributed by atoms with Gasteiger partial charge in [-0.3, -0.25) is 9.59 Å². The number of aromatic amines is 1. The molecule has 0 aliphatic rings. The number of carboxylic acids is 1. The molecule has 1 aromatic heterocycles. The van der Waals surface area contributed by atoms with E-state index < -0.39 is 42.0 Å². The quantitative estimate of drug-likeness (QED) is 0.198. The van der Waals surface area contributed by atoms with Gasteiger partial charge in [-0.05, 0) is 32.7 Å². The van der Waals surface area contributed by atoms with E-state index in [0.717, 1.165) is 0 Å². The van der Waals surface area contributed by atoms with E-state index in [2.05, 4.69) is 20.6 Å². The van der Waals surface area contributed by atoms with Crippen LogP contribution in [-0.4, -0.2) is 68.7 Å². The minimum absolute atomic E-state index is 0.139. The van der Waals surface area contributed by atoms with Gasteiger partial charge in [0.1, 0.15) is 12.1 Å². The molecule has 1 heterocycles. The molecule has 152 valence electrons. The molecule has 27 heavy (non-hydrogen) atoms. The fourth-order valence-corrected chi connectivity index (χ4v) is 2.40. The van der Waals surface area contributed by atoms with Gasteiger partial charge < -0.3 is 37.3 Å². The first kappa shape index (κ1) is 22.5. The summed E-state index contributed by atoms with van der Waals surface area (Å²) in [6.45, 7) is 1.73. The van der Waals surface area contributed by atoms with Crippen molar-refractivity contribution in [3.05, 3.63) is 18.2 Å². The van der Waals surface area contributed by atoms with Crippen molar-refractivity contribution in [1.29, 1.82) is 0 Å². The summed E-state index contributed by atoms with van der Waals surface area (Å²) in [4.78, 5) is 42.6. The number of aromatic nitrogens is 2. The van der Waals surface area contributed by atoms with Gasteiger partial charge >= 0.3 is 5.97 Å². The molecule has 1 aromatic rings. The van der Waals surface area contributed by atoms with Gasteiger partial charge in [-0.1, -0.05) is 0 Å². The van der Waals surface area contributed by atoms with Crippen LogP contribution in [0.2, 0.25) is 0 Å². The van der Waals surface area contributed by atoms with E-state index in [-0.39, 0.29) is 12.8 Å². The van der Waals surface area contributed by atoms with E-state index >= 15 is 0 Å². The number of rotatable bonds is 12. The number of H-pyrrole nitrogens is 1. The smallest absolute Gasteiger partial charge is 0.326 e. The lowest BCUT2D eigenvalue weighted by molar-refractivity contribution is -0.143. The van der Waals surface area contributed by atoms with Crippen molar-refractivity contribution in [2.75, 3.05) is 6.54 Å². The normalized spacial score (nSPS) is 15.4. The number of carbonyl (C=O) groups is 3. The molecule has 0 saturated carbocycles. The van der Waals surface area contributed by atoms with Crippen molar-refractivity contribution >= 4 is 17.8 Å². The molecule has 1 rings (SSSR count). The Bertz CT molecular complexity index is 606. The summed E-state index contributed by atoms with van der Waals surface area (Å²) >= 11 is 0. The lowest BCUT2D eigenvalue weighted by Crippen LogP contribution is -2.58. The summed E-state index contributed by atoms with van der Waals surface area (Å²) in [6.07, 6.45) is 3.27. The Labute approximate surface area is 156 Å². The maximum absolute atomic E-state index is 12.4. The average molecular weight is 384 g/mol. The number of unbranched alkanes of at least 4 members (excludes halogenated alkanes) is 1. The number of hydrogen-bond acceptors (Lipinski definition) is 7. The predicted molar refractivity (Wildman–Crippen MR) is 96.4 cm³/mol. The molecule has 2 amide bonds. The summed E-state index contributed by atoms with van der Waals surface area (Å²) < 4.78 is 0. The molecule has 9 N–H and O–H groups in total. The van der Waals surface area contributed by atoms with Crippen molar-refractivity contribution in [2.24, 2.45) is 11.5 Å². The highest BCUT2D eigenvalue weighted by Crippen LogP contribution is 2.04. The lowest BCUT2D eigenvalue weighted by Gasteiger charge is -2.24. The summed E-state index contributed by atoms with van der Waals surface area (Å²) in [6, 6.07) is -3.46. The Morgan fingerprint density at radius 1 is 1.26 bits per heavy atom. The zero-order valence-corrected chi connectivity index (χ0v) is 15.2. The Hall–Kier alpha value is -2.50. The van der Waals surface area contributed by atoms with Crippen LogP contribution in [0.25, 0.3) is 0 Å². The number of nitrogens with one attached hydrogen (secondary N) is 3. The number of carboxylic acid groups (broad SMARTS) is 1. The van der Waals surface area contributed by atoms with Crippen molar-refractivity contribution in [1.82, 2.24) is 20.6 Å². The van der Waals surface area contributed by atoms with Crippen LogP contribution in [0.5, 0.6) is 0 Å². The van der Waals surface area contributed by atoms with Crippen LogP contribution in [0, 0.1) is 0 Å². The summed E-state index contributed by atoms with van der Waals surface area (Å²) in [7, 11) is 0. The second kappa shape index (κ2) is 11.3. The highest BCUT2D eigenvalue weighted by atomic mass is 16.4. The second-order valence-corrected chi connectivity index (χ2v) is 6.28. The van der Waals surface area contributed by atoms with Gasteiger partial charge in [0.05, 0.1) is 24.2 Å². The van der Waals surface area contributed by atoms with Crippen LogP contribution in [0.3, 0.4) is 0 Å². The molecule has 0 fully saturated rings. The average Bonchev–Trinajstić information content (AvgIpc) is 3.10. The molecule has 11 nitrogen and oxygen atoms in total. The van der Waals surface area contributed by atoms with Gasteiger partial charge in [0, 0.05) is 12.6 Å². The van der Waals surface area contributed by atoms with Gasteiger partial charge in [-0.2, -0.15) is 0 Å². The molecule has 0 spiro atoms. The van der Waals surface area contributed by atoms with Crippen LogP contribution in [0.4, 0.5) is 0 Å². The first-order valence-electron chi connectivity index (χ1n) is 8.71. The van der Waals surface area contributed by atoms with Crippen molar-refractivity contribution in [2.45, 2.75) is 56.8 Å². The molecular formula is C16H28N6O5. The van der Waals surface area contributed by atoms with Crippen LogP contribution in [0.15, 0.2) is 12.5 Å². The number of aliphatic hydroxyl groups excluding tert-OH is 1. The molecule has 0 aliphatic carbocycles. The summed E-state index contributed by atoms with van der Waals surface area (Å²) in [5.74, 6) is -2.66. The van der Waals surface area contributed by atoms with E-state index in [9.17, 15) is 24.6 Å². The Morgan fingerprint density at radius 2 is 1.96 bits per heavy atom. The molecule has 4 unspecified atom stereocenters. The fraction of sp³-hybridized carbons (Fsp3) is 0.625.